The summed E-state index contributed by atoms with van der Waals surface area (Å²) in [5.41, 5.74) is 0. The summed E-state index contributed by atoms with van der Waals surface area (Å²) in [6, 6.07) is -2.85. The van der Waals surface area contributed by atoms with Gasteiger partial charge in [0.15, 0.2) is 0 Å². The Morgan fingerprint density at radius 3 is 1.41 bits per heavy atom. The van der Waals surface area contributed by atoms with Gasteiger partial charge in [-0.05, 0) is 20.8 Å². The van der Waals surface area contributed by atoms with Gasteiger partial charge in [0.1, 0.15) is 18.1 Å². The van der Waals surface area contributed by atoms with Crippen molar-refractivity contribution in [3.63, 3.8) is 0 Å². The normalized spacial score (nSPS) is 27.0. The van der Waals surface area contributed by atoms with Crippen LogP contribution in [0.1, 0.15) is 20.8 Å². The van der Waals surface area contributed by atoms with Crippen molar-refractivity contribution in [2.75, 3.05) is 19.6 Å². The Balaban J connectivity index is 2.81. The van der Waals surface area contributed by atoms with E-state index in [2.05, 4.69) is 31.9 Å². The fourth-order valence-corrected chi connectivity index (χ4v) is 2.00. The topological polar surface area (TPSA) is 175 Å². The quantitative estimate of drug-likeness (QED) is 0.247. The van der Waals surface area contributed by atoms with Crippen LogP contribution in [0.2, 0.25) is 0 Å². The van der Waals surface area contributed by atoms with Gasteiger partial charge in [0.05, 0.1) is 19.6 Å². The number of hydrogen-bond donors (Lipinski definition) is 6. The molecular formula is C15H24N6O6. The minimum atomic E-state index is -0.955. The van der Waals surface area contributed by atoms with Gasteiger partial charge in [0, 0.05) is 0 Å². The van der Waals surface area contributed by atoms with Crippen LogP contribution in [0.3, 0.4) is 0 Å². The molecule has 3 unspecified atom stereocenters. The molecule has 0 aromatic carbocycles. The summed E-state index contributed by atoms with van der Waals surface area (Å²) >= 11 is 0. The van der Waals surface area contributed by atoms with Gasteiger partial charge in [-0.2, -0.15) is 0 Å². The van der Waals surface area contributed by atoms with Crippen molar-refractivity contribution < 1.29 is 28.8 Å². The van der Waals surface area contributed by atoms with E-state index in [1.54, 1.807) is 0 Å². The van der Waals surface area contributed by atoms with E-state index in [4.69, 9.17) is 0 Å². The molecule has 0 spiro atoms. The van der Waals surface area contributed by atoms with Crippen molar-refractivity contribution in [1.29, 1.82) is 0 Å². The van der Waals surface area contributed by atoms with Crippen LogP contribution < -0.4 is 31.9 Å². The molecular weight excluding hydrogens is 360 g/mol. The average Bonchev–Trinajstić information content (AvgIpc) is 2.61. The SMILES string of the molecule is CC1NC(=O)CNC(=O)CNC(=O)C(C)NC(=O)C(C)NC(=O)CNC1=O. The number of carbonyl (C=O) groups is 6. The summed E-state index contributed by atoms with van der Waals surface area (Å²) < 4.78 is 0. The largest absolute Gasteiger partial charge is 0.346 e. The molecule has 3 atom stereocenters. The minimum absolute atomic E-state index is 0.392. The van der Waals surface area contributed by atoms with Crippen molar-refractivity contribution in [3.05, 3.63) is 0 Å². The summed E-state index contributed by atoms with van der Waals surface area (Å²) in [7, 11) is 0. The van der Waals surface area contributed by atoms with Gasteiger partial charge in [-0.3, -0.25) is 28.8 Å². The Hall–Kier alpha value is -3.18. The van der Waals surface area contributed by atoms with E-state index in [9.17, 15) is 28.8 Å². The van der Waals surface area contributed by atoms with E-state index in [0.29, 0.717) is 0 Å². The second-order valence-corrected chi connectivity index (χ2v) is 6.02. The van der Waals surface area contributed by atoms with Gasteiger partial charge in [0.25, 0.3) is 0 Å². The molecule has 150 valence electrons. The minimum Gasteiger partial charge on any atom is -0.346 e. The van der Waals surface area contributed by atoms with Crippen LogP contribution in [0, 0.1) is 0 Å². The van der Waals surface area contributed by atoms with Crippen molar-refractivity contribution in [2.45, 2.75) is 38.9 Å². The van der Waals surface area contributed by atoms with E-state index in [0.717, 1.165) is 0 Å². The molecule has 1 heterocycles. The lowest BCUT2D eigenvalue weighted by atomic mass is 10.2. The van der Waals surface area contributed by atoms with Crippen LogP contribution in [-0.4, -0.2) is 73.2 Å². The molecule has 1 aliphatic rings. The Labute approximate surface area is 155 Å². The second-order valence-electron chi connectivity index (χ2n) is 6.02. The predicted octanol–water partition coefficient (Wildman–Crippen LogP) is -4.14. The average molecular weight is 384 g/mol. The first-order valence-corrected chi connectivity index (χ1v) is 8.31. The zero-order chi connectivity index (χ0) is 20.6. The van der Waals surface area contributed by atoms with Crippen LogP contribution in [0.25, 0.3) is 0 Å². The zero-order valence-electron chi connectivity index (χ0n) is 15.3. The number of rotatable bonds is 0. The van der Waals surface area contributed by atoms with Crippen LogP contribution in [-0.2, 0) is 28.8 Å². The van der Waals surface area contributed by atoms with E-state index in [-0.39, 0.29) is 0 Å². The van der Waals surface area contributed by atoms with E-state index in [1.165, 1.54) is 20.8 Å². The summed E-state index contributed by atoms with van der Waals surface area (Å²) in [6.07, 6.45) is 0. The first-order chi connectivity index (χ1) is 12.6. The molecule has 0 aromatic heterocycles. The molecule has 6 amide bonds. The number of carbonyl (C=O) groups excluding carboxylic acids is 6. The predicted molar refractivity (Wildman–Crippen MR) is 91.8 cm³/mol. The van der Waals surface area contributed by atoms with Gasteiger partial charge in [-0.15, -0.1) is 0 Å². The van der Waals surface area contributed by atoms with Crippen molar-refractivity contribution in [3.8, 4) is 0 Å². The summed E-state index contributed by atoms with van der Waals surface area (Å²) in [5, 5.41) is 14.0. The molecule has 0 aromatic rings. The van der Waals surface area contributed by atoms with E-state index < -0.39 is 73.2 Å². The first-order valence-electron chi connectivity index (χ1n) is 8.31. The number of amides is 6. The maximum absolute atomic E-state index is 12.0. The molecule has 1 saturated heterocycles. The zero-order valence-corrected chi connectivity index (χ0v) is 15.3. The molecule has 0 bridgehead atoms. The molecule has 0 aliphatic carbocycles. The molecule has 6 N–H and O–H groups in total. The first kappa shape index (κ1) is 21.9. The van der Waals surface area contributed by atoms with Crippen LogP contribution in [0.4, 0.5) is 0 Å². The molecule has 27 heavy (non-hydrogen) atoms. The maximum Gasteiger partial charge on any atom is 0.242 e. The smallest absolute Gasteiger partial charge is 0.242 e. The van der Waals surface area contributed by atoms with Crippen LogP contribution >= 0.6 is 0 Å². The van der Waals surface area contributed by atoms with Crippen molar-refractivity contribution in [1.82, 2.24) is 31.9 Å². The lowest BCUT2D eigenvalue weighted by Gasteiger charge is -2.19. The highest BCUT2D eigenvalue weighted by atomic mass is 16.2. The Kier molecular flexibility index (Phi) is 8.17. The van der Waals surface area contributed by atoms with Crippen molar-refractivity contribution in [2.24, 2.45) is 0 Å². The molecule has 1 fully saturated rings. The van der Waals surface area contributed by atoms with Crippen LogP contribution in [0.5, 0.6) is 0 Å². The molecule has 12 nitrogen and oxygen atoms in total. The third kappa shape index (κ3) is 7.71. The molecule has 0 saturated carbocycles. The van der Waals surface area contributed by atoms with Gasteiger partial charge in [-0.25, -0.2) is 0 Å². The number of hydrogen-bond acceptors (Lipinski definition) is 6. The monoisotopic (exact) mass is 384 g/mol. The highest BCUT2D eigenvalue weighted by Gasteiger charge is 2.22. The van der Waals surface area contributed by atoms with Gasteiger partial charge >= 0.3 is 0 Å². The lowest BCUT2D eigenvalue weighted by Crippen LogP contribution is -2.55. The van der Waals surface area contributed by atoms with Crippen molar-refractivity contribution >= 4 is 35.4 Å². The number of nitrogens with one attached hydrogen (secondary N) is 6. The molecule has 1 rings (SSSR count). The summed E-state index contributed by atoms with van der Waals surface area (Å²) in [5.74, 6) is -3.67. The summed E-state index contributed by atoms with van der Waals surface area (Å²) in [6.45, 7) is 3.04. The van der Waals surface area contributed by atoms with E-state index >= 15 is 0 Å². The highest BCUT2D eigenvalue weighted by molar-refractivity contribution is 5.95. The fourth-order valence-electron chi connectivity index (χ4n) is 2.00. The van der Waals surface area contributed by atoms with Gasteiger partial charge in [0.2, 0.25) is 35.4 Å². The van der Waals surface area contributed by atoms with E-state index in [1.807, 2.05) is 0 Å². The maximum atomic E-state index is 12.0. The fraction of sp³-hybridized carbons (Fsp3) is 0.600. The lowest BCUT2D eigenvalue weighted by molar-refractivity contribution is -0.133. The second kappa shape index (κ2) is 10.1. The summed E-state index contributed by atoms with van der Waals surface area (Å²) in [4.78, 5) is 70.9. The Bertz CT molecular complexity index is 636. The standard InChI is InChI=1S/C15H24N6O6/c1-7-13(25)18-6-12(24)20-9(3)15(27)21-8(2)14(26)17-4-10(22)16-5-11(23)19-7/h7-9H,4-6H2,1-3H3,(H,16,22)(H,17,26)(H,18,25)(H,19,23)(H,20,24)(H,21,27). The highest BCUT2D eigenvalue weighted by Crippen LogP contribution is 1.89. The Morgan fingerprint density at radius 1 is 0.519 bits per heavy atom. The molecule has 1 aliphatic heterocycles. The van der Waals surface area contributed by atoms with Gasteiger partial charge < -0.3 is 31.9 Å². The third-order valence-corrected chi connectivity index (χ3v) is 3.59. The van der Waals surface area contributed by atoms with Crippen LogP contribution in [0.15, 0.2) is 0 Å². The van der Waals surface area contributed by atoms with Gasteiger partial charge in [-0.1, -0.05) is 0 Å². The molecule has 0 radical (unpaired) electrons. The Morgan fingerprint density at radius 2 is 0.889 bits per heavy atom. The third-order valence-electron chi connectivity index (χ3n) is 3.59. The molecule has 12 heteroatoms.